The van der Waals surface area contributed by atoms with Crippen molar-refractivity contribution in [2.24, 2.45) is 0 Å². The van der Waals surface area contributed by atoms with Crippen LogP contribution in [-0.2, 0) is 5.54 Å². The molecule has 5 rings (SSSR count). The standard InChI is InChI=1S/C19H17ClN2/c1-19-9-4-10-22(19)16-8-7-12(20)11-14(16)18-17(19)13-5-2-3-6-15(13)21-18/h2-3,5-8,11,21H,4,9-10H2,1H3. The Labute approximate surface area is 134 Å². The Bertz CT molecular complexity index is 911. The van der Waals surface area contributed by atoms with Gasteiger partial charge in [-0.15, -0.1) is 0 Å². The molecule has 2 aromatic carbocycles. The molecule has 0 bridgehead atoms. The van der Waals surface area contributed by atoms with Crippen LogP contribution in [-0.4, -0.2) is 11.5 Å². The van der Waals surface area contributed by atoms with Crippen LogP contribution in [0.3, 0.4) is 0 Å². The summed E-state index contributed by atoms with van der Waals surface area (Å²) in [7, 11) is 0. The lowest BCUT2D eigenvalue weighted by Gasteiger charge is -2.42. The molecule has 2 aliphatic heterocycles. The van der Waals surface area contributed by atoms with Crippen LogP contribution in [0.4, 0.5) is 5.69 Å². The van der Waals surface area contributed by atoms with Gasteiger partial charge in [0.05, 0.1) is 11.2 Å². The molecule has 1 fully saturated rings. The summed E-state index contributed by atoms with van der Waals surface area (Å²) in [5.41, 5.74) is 6.53. The van der Waals surface area contributed by atoms with Crippen molar-refractivity contribution in [3.63, 3.8) is 0 Å². The first-order chi connectivity index (χ1) is 10.7. The Hall–Kier alpha value is -1.93. The van der Waals surface area contributed by atoms with Crippen LogP contribution >= 0.6 is 11.6 Å². The molecule has 0 radical (unpaired) electrons. The zero-order chi connectivity index (χ0) is 14.9. The maximum atomic E-state index is 6.29. The van der Waals surface area contributed by atoms with E-state index in [1.807, 2.05) is 6.07 Å². The van der Waals surface area contributed by atoms with E-state index >= 15 is 0 Å². The molecule has 110 valence electrons. The predicted molar refractivity (Wildman–Crippen MR) is 92.7 cm³/mol. The van der Waals surface area contributed by atoms with Crippen LogP contribution in [0.1, 0.15) is 25.3 Å². The van der Waals surface area contributed by atoms with E-state index in [4.69, 9.17) is 11.6 Å². The predicted octanol–water partition coefficient (Wildman–Crippen LogP) is 5.32. The number of anilines is 1. The first kappa shape index (κ1) is 12.6. The first-order valence-electron chi connectivity index (χ1n) is 7.87. The van der Waals surface area contributed by atoms with Crippen LogP contribution < -0.4 is 4.90 Å². The minimum absolute atomic E-state index is 0.0791. The highest BCUT2D eigenvalue weighted by atomic mass is 35.5. The molecule has 3 heterocycles. The van der Waals surface area contributed by atoms with Gasteiger partial charge in [-0.1, -0.05) is 29.8 Å². The number of nitrogens with one attached hydrogen (secondary N) is 1. The van der Waals surface area contributed by atoms with Gasteiger partial charge in [-0.25, -0.2) is 0 Å². The summed E-state index contributed by atoms with van der Waals surface area (Å²) in [4.78, 5) is 6.22. The number of hydrogen-bond acceptors (Lipinski definition) is 1. The average Bonchev–Trinajstić information content (AvgIpc) is 3.09. The van der Waals surface area contributed by atoms with Crippen LogP contribution in [0.2, 0.25) is 5.02 Å². The Morgan fingerprint density at radius 2 is 2.05 bits per heavy atom. The van der Waals surface area contributed by atoms with Gasteiger partial charge < -0.3 is 9.88 Å². The summed E-state index contributed by atoms with van der Waals surface area (Å²) in [6.07, 6.45) is 2.43. The molecule has 3 aromatic rings. The van der Waals surface area contributed by atoms with Gasteiger partial charge in [-0.05, 0) is 44.0 Å². The van der Waals surface area contributed by atoms with Crippen LogP contribution in [0.15, 0.2) is 42.5 Å². The lowest BCUT2D eigenvalue weighted by Crippen LogP contribution is -2.41. The number of benzene rings is 2. The minimum atomic E-state index is 0.0791. The van der Waals surface area contributed by atoms with Crippen LogP contribution in [0, 0.1) is 0 Å². The maximum Gasteiger partial charge on any atom is 0.0653 e. The van der Waals surface area contributed by atoms with Gasteiger partial charge in [0.25, 0.3) is 0 Å². The topological polar surface area (TPSA) is 19.0 Å². The number of aromatic nitrogens is 1. The van der Waals surface area contributed by atoms with Crippen LogP contribution in [0.25, 0.3) is 22.2 Å². The summed E-state index contributed by atoms with van der Waals surface area (Å²) in [6.45, 7) is 3.50. The largest absolute Gasteiger partial charge is 0.361 e. The van der Waals surface area contributed by atoms with Gasteiger partial charge in [0, 0.05) is 39.3 Å². The number of nitrogens with zero attached hydrogens (tertiary/aromatic N) is 1. The second-order valence-corrected chi connectivity index (χ2v) is 7.05. The fourth-order valence-electron chi connectivity index (χ4n) is 4.46. The van der Waals surface area contributed by atoms with Crippen molar-refractivity contribution < 1.29 is 0 Å². The van der Waals surface area contributed by atoms with Crippen molar-refractivity contribution >= 4 is 28.2 Å². The van der Waals surface area contributed by atoms with E-state index in [0.29, 0.717) is 0 Å². The summed E-state index contributed by atoms with van der Waals surface area (Å²) in [5.74, 6) is 0. The smallest absolute Gasteiger partial charge is 0.0653 e. The van der Waals surface area contributed by atoms with Crippen molar-refractivity contribution in [2.45, 2.75) is 25.3 Å². The van der Waals surface area contributed by atoms with E-state index in [1.54, 1.807) is 0 Å². The van der Waals surface area contributed by atoms with Crippen molar-refractivity contribution in [1.82, 2.24) is 4.98 Å². The normalized spacial score (nSPS) is 22.5. The van der Waals surface area contributed by atoms with Crippen molar-refractivity contribution in [2.75, 3.05) is 11.4 Å². The highest BCUT2D eigenvalue weighted by Gasteiger charge is 2.45. The van der Waals surface area contributed by atoms with E-state index in [-0.39, 0.29) is 5.54 Å². The van der Waals surface area contributed by atoms with Gasteiger partial charge in [-0.3, -0.25) is 0 Å². The zero-order valence-corrected chi connectivity index (χ0v) is 13.2. The van der Waals surface area contributed by atoms with E-state index in [1.165, 1.54) is 46.3 Å². The fraction of sp³-hybridized carbons (Fsp3) is 0.263. The van der Waals surface area contributed by atoms with Crippen molar-refractivity contribution in [3.8, 4) is 11.3 Å². The quantitative estimate of drug-likeness (QED) is 0.595. The number of para-hydroxylation sites is 1. The highest BCUT2D eigenvalue weighted by Crippen LogP contribution is 2.54. The van der Waals surface area contributed by atoms with Gasteiger partial charge in [0.2, 0.25) is 0 Å². The molecule has 0 amide bonds. The van der Waals surface area contributed by atoms with Gasteiger partial charge in [0.1, 0.15) is 0 Å². The SMILES string of the molecule is CC12CCCN1c1ccc(Cl)cc1-c1[nH]c3ccccc3c12. The number of rotatable bonds is 0. The Kier molecular flexibility index (Phi) is 2.34. The molecule has 0 saturated carbocycles. The Balaban J connectivity index is 1.95. The Morgan fingerprint density at radius 3 is 2.95 bits per heavy atom. The lowest BCUT2D eigenvalue weighted by atomic mass is 9.81. The molecule has 2 aliphatic rings. The molecule has 0 spiro atoms. The molecule has 1 unspecified atom stereocenters. The summed E-state index contributed by atoms with van der Waals surface area (Å²) >= 11 is 6.29. The summed E-state index contributed by atoms with van der Waals surface area (Å²) < 4.78 is 0. The molecule has 2 nitrogen and oxygen atoms in total. The third-order valence-electron chi connectivity index (χ3n) is 5.40. The first-order valence-corrected chi connectivity index (χ1v) is 8.25. The zero-order valence-electron chi connectivity index (χ0n) is 12.5. The molecule has 3 heteroatoms. The highest BCUT2D eigenvalue weighted by molar-refractivity contribution is 6.31. The monoisotopic (exact) mass is 308 g/mol. The van der Waals surface area contributed by atoms with Crippen LogP contribution in [0.5, 0.6) is 0 Å². The molecular formula is C19H17ClN2. The van der Waals surface area contributed by atoms with E-state index in [0.717, 1.165) is 11.6 Å². The second kappa shape index (κ2) is 4.08. The third-order valence-corrected chi connectivity index (χ3v) is 5.64. The second-order valence-electron chi connectivity index (χ2n) is 6.61. The molecular weight excluding hydrogens is 292 g/mol. The molecule has 0 aliphatic carbocycles. The van der Waals surface area contributed by atoms with E-state index < -0.39 is 0 Å². The molecule has 22 heavy (non-hydrogen) atoms. The maximum absolute atomic E-state index is 6.29. The number of H-pyrrole nitrogens is 1. The van der Waals surface area contributed by atoms with Gasteiger partial charge in [0.15, 0.2) is 0 Å². The van der Waals surface area contributed by atoms with Gasteiger partial charge >= 0.3 is 0 Å². The average molecular weight is 309 g/mol. The lowest BCUT2D eigenvalue weighted by molar-refractivity contribution is 0.494. The number of hydrogen-bond donors (Lipinski definition) is 1. The summed E-state index contributed by atoms with van der Waals surface area (Å²) in [6, 6.07) is 14.9. The minimum Gasteiger partial charge on any atom is -0.361 e. The van der Waals surface area contributed by atoms with Gasteiger partial charge in [-0.2, -0.15) is 0 Å². The molecule has 1 N–H and O–H groups in total. The van der Waals surface area contributed by atoms with Crippen molar-refractivity contribution in [3.05, 3.63) is 53.1 Å². The fourth-order valence-corrected chi connectivity index (χ4v) is 4.63. The van der Waals surface area contributed by atoms with E-state index in [2.05, 4.69) is 53.2 Å². The number of halogens is 1. The number of fused-ring (bicyclic) bond motifs is 8. The van der Waals surface area contributed by atoms with E-state index in [9.17, 15) is 0 Å². The third kappa shape index (κ3) is 1.41. The molecule has 1 aromatic heterocycles. The molecule has 1 saturated heterocycles. The Morgan fingerprint density at radius 1 is 1.18 bits per heavy atom. The number of aromatic amines is 1. The molecule has 1 atom stereocenters. The van der Waals surface area contributed by atoms with Crippen molar-refractivity contribution in [1.29, 1.82) is 0 Å². The summed E-state index contributed by atoms with van der Waals surface area (Å²) in [5, 5.41) is 2.14.